The van der Waals surface area contributed by atoms with E-state index < -0.39 is 10.9 Å². The lowest BCUT2D eigenvalue weighted by Crippen LogP contribution is -2.33. The van der Waals surface area contributed by atoms with Gasteiger partial charge in [-0.1, -0.05) is 0 Å². The molecule has 0 unspecified atom stereocenters. The zero-order valence-corrected chi connectivity index (χ0v) is 10.8. The van der Waals surface area contributed by atoms with Gasteiger partial charge in [-0.3, -0.25) is 10.1 Å². The third-order valence-electron chi connectivity index (χ3n) is 3.04. The number of benzene rings is 1. The van der Waals surface area contributed by atoms with Crippen LogP contribution in [-0.4, -0.2) is 42.4 Å². The second-order valence-corrected chi connectivity index (χ2v) is 4.30. The summed E-state index contributed by atoms with van der Waals surface area (Å²) < 4.78 is 10.1. The molecule has 1 aliphatic rings. The minimum absolute atomic E-state index is 0.00548. The Morgan fingerprint density at radius 3 is 2.80 bits per heavy atom. The van der Waals surface area contributed by atoms with Crippen molar-refractivity contribution in [3.05, 3.63) is 27.8 Å². The van der Waals surface area contributed by atoms with E-state index in [0.29, 0.717) is 13.2 Å². The molecule has 8 nitrogen and oxygen atoms in total. The van der Waals surface area contributed by atoms with Gasteiger partial charge in [-0.15, -0.1) is 0 Å². The van der Waals surface area contributed by atoms with Crippen molar-refractivity contribution in [1.82, 2.24) is 0 Å². The molecule has 0 amide bonds. The average molecular weight is 282 g/mol. The number of methoxy groups -OCH3 is 1. The van der Waals surface area contributed by atoms with Crippen molar-refractivity contribution in [3.63, 3.8) is 0 Å². The molecular weight excluding hydrogens is 268 g/mol. The molecule has 0 aliphatic carbocycles. The fourth-order valence-corrected chi connectivity index (χ4v) is 1.88. The molecule has 108 valence electrons. The van der Waals surface area contributed by atoms with Gasteiger partial charge in [-0.2, -0.15) is 0 Å². The molecule has 1 atom stereocenters. The number of ether oxygens (including phenoxy) is 2. The molecule has 1 heterocycles. The quantitative estimate of drug-likeness (QED) is 0.600. The first-order valence-corrected chi connectivity index (χ1v) is 5.98. The van der Waals surface area contributed by atoms with Crippen molar-refractivity contribution < 1.29 is 24.3 Å². The van der Waals surface area contributed by atoms with Gasteiger partial charge in [0.2, 0.25) is 0 Å². The van der Waals surface area contributed by atoms with Gasteiger partial charge in [0.15, 0.2) is 5.75 Å². The second-order valence-electron chi connectivity index (χ2n) is 4.30. The number of nitro groups is 1. The van der Waals surface area contributed by atoms with Crippen LogP contribution in [0.1, 0.15) is 16.8 Å². The van der Waals surface area contributed by atoms with Crippen molar-refractivity contribution in [1.29, 1.82) is 0 Å². The molecule has 8 heteroatoms. The maximum absolute atomic E-state index is 11.1. The van der Waals surface area contributed by atoms with Crippen LogP contribution in [-0.2, 0) is 4.74 Å². The lowest BCUT2D eigenvalue weighted by molar-refractivity contribution is -0.384. The van der Waals surface area contributed by atoms with Crippen molar-refractivity contribution in [2.24, 2.45) is 0 Å². The Labute approximate surface area is 114 Å². The van der Waals surface area contributed by atoms with Crippen LogP contribution in [0.2, 0.25) is 0 Å². The largest absolute Gasteiger partial charge is 0.490 e. The Balaban J connectivity index is 2.35. The molecule has 0 spiro atoms. The van der Waals surface area contributed by atoms with Gasteiger partial charge in [-0.25, -0.2) is 4.79 Å². The van der Waals surface area contributed by atoms with E-state index in [1.54, 1.807) is 0 Å². The van der Waals surface area contributed by atoms with E-state index in [-0.39, 0.29) is 28.8 Å². The van der Waals surface area contributed by atoms with E-state index >= 15 is 0 Å². The van der Waals surface area contributed by atoms with Gasteiger partial charge in [0, 0.05) is 19.2 Å². The van der Waals surface area contributed by atoms with Crippen LogP contribution in [0.25, 0.3) is 0 Å². The predicted molar refractivity (Wildman–Crippen MR) is 69.5 cm³/mol. The standard InChI is InChI=1S/C12H14N2O6/c1-19-10-5-7(12(15)16)4-9(11(10)14(17)18)13-6-8-2-3-20-8/h4-5,8,13H,2-3,6H2,1H3,(H,15,16)/t8-/m0/s1. The number of anilines is 1. The van der Waals surface area contributed by atoms with Gasteiger partial charge >= 0.3 is 11.7 Å². The number of carbonyl (C=O) groups is 1. The Hall–Kier alpha value is -2.35. The van der Waals surface area contributed by atoms with Crippen LogP contribution in [0, 0.1) is 10.1 Å². The Bertz CT molecular complexity index is 541. The van der Waals surface area contributed by atoms with Crippen LogP contribution in [0.5, 0.6) is 5.75 Å². The van der Waals surface area contributed by atoms with Crippen LogP contribution in [0.4, 0.5) is 11.4 Å². The summed E-state index contributed by atoms with van der Waals surface area (Å²) in [6.07, 6.45) is 0.866. The molecule has 0 bridgehead atoms. The Morgan fingerprint density at radius 1 is 1.65 bits per heavy atom. The smallest absolute Gasteiger partial charge is 0.335 e. The average Bonchev–Trinajstić information content (AvgIpc) is 2.35. The molecule has 20 heavy (non-hydrogen) atoms. The fourth-order valence-electron chi connectivity index (χ4n) is 1.88. The molecule has 1 aromatic rings. The van der Waals surface area contributed by atoms with Gasteiger partial charge in [0.25, 0.3) is 0 Å². The number of hydrogen-bond acceptors (Lipinski definition) is 6. The number of nitro benzene ring substituents is 1. The van der Waals surface area contributed by atoms with Crippen molar-refractivity contribution in [2.75, 3.05) is 25.6 Å². The van der Waals surface area contributed by atoms with Crippen LogP contribution in [0.3, 0.4) is 0 Å². The summed E-state index contributed by atoms with van der Waals surface area (Å²) in [5.41, 5.74) is -0.247. The molecule has 1 fully saturated rings. The second kappa shape index (κ2) is 5.74. The lowest BCUT2D eigenvalue weighted by Gasteiger charge is -2.26. The highest BCUT2D eigenvalue weighted by Crippen LogP contribution is 2.36. The van der Waals surface area contributed by atoms with E-state index in [1.165, 1.54) is 13.2 Å². The normalized spacial score (nSPS) is 17.1. The summed E-state index contributed by atoms with van der Waals surface area (Å²) in [7, 11) is 1.26. The number of carboxylic acid groups (broad SMARTS) is 1. The molecule has 1 aromatic carbocycles. The first-order chi connectivity index (χ1) is 9.52. The van der Waals surface area contributed by atoms with Gasteiger partial charge in [-0.05, 0) is 12.5 Å². The number of carboxylic acids is 1. The SMILES string of the molecule is COc1cc(C(=O)O)cc(NC[C@@H]2CCO2)c1[N+](=O)[O-]. The van der Waals surface area contributed by atoms with E-state index in [9.17, 15) is 14.9 Å². The van der Waals surface area contributed by atoms with Crippen molar-refractivity contribution in [2.45, 2.75) is 12.5 Å². The lowest BCUT2D eigenvalue weighted by atomic mass is 10.1. The fraction of sp³-hybridized carbons (Fsp3) is 0.417. The maximum Gasteiger partial charge on any atom is 0.335 e. The number of rotatable bonds is 6. The predicted octanol–water partition coefficient (Wildman–Crippen LogP) is 1.50. The summed E-state index contributed by atoms with van der Waals surface area (Å²) in [6.45, 7) is 1.06. The first-order valence-electron chi connectivity index (χ1n) is 5.98. The molecule has 2 N–H and O–H groups in total. The highest BCUT2D eigenvalue weighted by atomic mass is 16.6. The maximum atomic E-state index is 11.1. The van der Waals surface area contributed by atoms with Crippen LogP contribution >= 0.6 is 0 Å². The third kappa shape index (κ3) is 2.80. The summed E-state index contributed by atoms with van der Waals surface area (Å²) in [5.74, 6) is -1.27. The van der Waals surface area contributed by atoms with E-state index in [0.717, 1.165) is 12.5 Å². The highest BCUT2D eigenvalue weighted by molar-refractivity contribution is 5.91. The van der Waals surface area contributed by atoms with E-state index in [2.05, 4.69) is 5.32 Å². The minimum atomic E-state index is -1.18. The number of nitrogens with one attached hydrogen (secondary N) is 1. The third-order valence-corrected chi connectivity index (χ3v) is 3.04. The molecular formula is C12H14N2O6. The monoisotopic (exact) mass is 282 g/mol. The molecule has 2 rings (SSSR count). The Morgan fingerprint density at radius 2 is 2.35 bits per heavy atom. The molecule has 0 radical (unpaired) electrons. The van der Waals surface area contributed by atoms with Crippen molar-refractivity contribution in [3.8, 4) is 5.75 Å². The number of hydrogen-bond donors (Lipinski definition) is 2. The first kappa shape index (κ1) is 14.1. The summed E-state index contributed by atoms with van der Waals surface area (Å²) >= 11 is 0. The summed E-state index contributed by atoms with van der Waals surface area (Å²) in [4.78, 5) is 21.5. The van der Waals surface area contributed by atoms with Crippen molar-refractivity contribution >= 4 is 17.3 Å². The molecule has 0 saturated carbocycles. The van der Waals surface area contributed by atoms with Crippen LogP contribution < -0.4 is 10.1 Å². The highest BCUT2D eigenvalue weighted by Gasteiger charge is 2.25. The topological polar surface area (TPSA) is 111 Å². The zero-order chi connectivity index (χ0) is 14.7. The number of aromatic carboxylic acids is 1. The van der Waals surface area contributed by atoms with Gasteiger partial charge in [0.1, 0.15) is 5.69 Å². The van der Waals surface area contributed by atoms with E-state index in [4.69, 9.17) is 14.6 Å². The zero-order valence-electron chi connectivity index (χ0n) is 10.8. The molecule has 0 aromatic heterocycles. The van der Waals surface area contributed by atoms with Gasteiger partial charge in [0.05, 0.1) is 23.7 Å². The molecule has 1 aliphatic heterocycles. The Kier molecular flexibility index (Phi) is 4.04. The number of nitrogens with zero attached hydrogens (tertiary/aromatic N) is 1. The van der Waals surface area contributed by atoms with E-state index in [1.807, 2.05) is 0 Å². The summed E-state index contributed by atoms with van der Waals surface area (Å²) in [5, 5.41) is 23.0. The molecule has 1 saturated heterocycles. The summed E-state index contributed by atoms with van der Waals surface area (Å²) in [6, 6.07) is 2.35. The van der Waals surface area contributed by atoms with Gasteiger partial charge < -0.3 is 19.9 Å². The minimum Gasteiger partial charge on any atom is -0.490 e. The van der Waals surface area contributed by atoms with Crippen LogP contribution in [0.15, 0.2) is 12.1 Å².